The minimum Gasteiger partial charge on any atom is -0.462 e. The lowest BCUT2D eigenvalue weighted by Crippen LogP contribution is -2.06. The average molecular weight is 481 g/mol. The van der Waals surface area contributed by atoms with Gasteiger partial charge in [-0.2, -0.15) is 0 Å². The van der Waals surface area contributed by atoms with Crippen LogP contribution in [0.1, 0.15) is 39.5 Å². The first-order valence-electron chi connectivity index (χ1n) is 12.5. The van der Waals surface area contributed by atoms with Gasteiger partial charge in [0.25, 0.3) is 0 Å². The Kier molecular flexibility index (Phi) is 7.38. The molecule has 5 rings (SSSR count). The van der Waals surface area contributed by atoms with E-state index in [0.717, 1.165) is 44.5 Å². The van der Waals surface area contributed by atoms with E-state index < -0.39 is 0 Å². The van der Waals surface area contributed by atoms with Crippen LogP contribution in [0.5, 0.6) is 0 Å². The van der Waals surface area contributed by atoms with Gasteiger partial charge >= 0.3 is 5.97 Å². The Balaban J connectivity index is 1.92. The normalized spacial score (nSPS) is 10.5. The molecule has 5 aromatic rings. The molecule has 0 aromatic heterocycles. The number of hydrogen-bond acceptors (Lipinski definition) is 2. The van der Waals surface area contributed by atoms with Gasteiger partial charge in [-0.25, -0.2) is 4.79 Å². The third-order valence-corrected chi connectivity index (χ3v) is 6.32. The highest BCUT2D eigenvalue weighted by Crippen LogP contribution is 2.41. The van der Waals surface area contributed by atoms with Crippen LogP contribution in [0.15, 0.2) is 140 Å². The van der Waals surface area contributed by atoms with Gasteiger partial charge in [0.2, 0.25) is 0 Å². The minimum atomic E-state index is -0.322. The van der Waals surface area contributed by atoms with Crippen LogP contribution in [0.4, 0.5) is 0 Å². The highest BCUT2D eigenvalue weighted by atomic mass is 16.5. The van der Waals surface area contributed by atoms with Crippen molar-refractivity contribution in [1.82, 2.24) is 0 Å². The molecule has 0 atom stereocenters. The molecular formula is C35H28O2. The van der Waals surface area contributed by atoms with E-state index in [1.807, 2.05) is 61.5 Å². The number of rotatable bonds is 7. The summed E-state index contributed by atoms with van der Waals surface area (Å²) in [5.41, 5.74) is 9.09. The molecule has 2 heteroatoms. The van der Waals surface area contributed by atoms with Gasteiger partial charge in [0.1, 0.15) is 0 Å². The molecule has 0 aliphatic carbocycles. The Morgan fingerprint density at radius 3 is 1.49 bits per heavy atom. The standard InChI is InChI=1S/C35H28O2/c1-2-37-35(36)30-23-24-31(26-15-7-3-8-16-26)32(25-30)34(29-21-13-6-14-22-29)33(27-17-9-4-10-18-27)28-19-11-5-12-20-28/h3-25H,2H2,1H3. The fraction of sp³-hybridized carbons (Fsp3) is 0.0571. The molecule has 0 bridgehead atoms. The lowest BCUT2D eigenvalue weighted by molar-refractivity contribution is 0.0526. The first-order chi connectivity index (χ1) is 18.3. The van der Waals surface area contributed by atoms with E-state index in [9.17, 15) is 4.79 Å². The Morgan fingerprint density at radius 2 is 1.00 bits per heavy atom. The van der Waals surface area contributed by atoms with Crippen molar-refractivity contribution in [2.75, 3.05) is 6.61 Å². The molecule has 37 heavy (non-hydrogen) atoms. The van der Waals surface area contributed by atoms with E-state index in [1.54, 1.807) is 0 Å². The molecule has 0 radical (unpaired) electrons. The number of benzene rings is 5. The van der Waals surface area contributed by atoms with Crippen LogP contribution < -0.4 is 0 Å². The second-order valence-electron chi connectivity index (χ2n) is 8.69. The molecule has 0 fully saturated rings. The van der Waals surface area contributed by atoms with Crippen molar-refractivity contribution < 1.29 is 9.53 Å². The zero-order chi connectivity index (χ0) is 25.5. The second-order valence-corrected chi connectivity index (χ2v) is 8.69. The monoisotopic (exact) mass is 480 g/mol. The van der Waals surface area contributed by atoms with Crippen molar-refractivity contribution >= 4 is 17.1 Å². The quantitative estimate of drug-likeness (QED) is 0.172. The van der Waals surface area contributed by atoms with Gasteiger partial charge < -0.3 is 4.74 Å². The molecule has 2 nitrogen and oxygen atoms in total. The summed E-state index contributed by atoms with van der Waals surface area (Å²) in [7, 11) is 0. The minimum absolute atomic E-state index is 0.322. The molecule has 5 aromatic carbocycles. The fourth-order valence-corrected chi connectivity index (χ4v) is 4.67. The molecule has 0 spiro atoms. The Labute approximate surface area is 218 Å². The summed E-state index contributed by atoms with van der Waals surface area (Å²) < 4.78 is 5.39. The first kappa shape index (κ1) is 24.0. The molecular weight excluding hydrogens is 452 g/mol. The summed E-state index contributed by atoms with van der Waals surface area (Å²) >= 11 is 0. The topological polar surface area (TPSA) is 26.3 Å². The number of ether oxygens (including phenoxy) is 1. The van der Waals surface area contributed by atoms with Crippen molar-refractivity contribution in [3.8, 4) is 11.1 Å². The molecule has 180 valence electrons. The summed E-state index contributed by atoms with van der Waals surface area (Å²) in [5, 5.41) is 0. The van der Waals surface area contributed by atoms with Crippen molar-refractivity contribution in [2.45, 2.75) is 6.92 Å². The maximum atomic E-state index is 12.9. The Morgan fingerprint density at radius 1 is 0.541 bits per heavy atom. The van der Waals surface area contributed by atoms with E-state index in [0.29, 0.717) is 12.2 Å². The fourth-order valence-electron chi connectivity index (χ4n) is 4.67. The van der Waals surface area contributed by atoms with Crippen molar-refractivity contribution in [2.24, 2.45) is 0 Å². The van der Waals surface area contributed by atoms with Crippen molar-refractivity contribution in [3.63, 3.8) is 0 Å². The lowest BCUT2D eigenvalue weighted by Gasteiger charge is -2.21. The first-order valence-corrected chi connectivity index (χ1v) is 12.5. The Hall–Kier alpha value is -4.69. The molecule has 0 N–H and O–H groups in total. The van der Waals surface area contributed by atoms with Crippen molar-refractivity contribution in [3.05, 3.63) is 167 Å². The second kappa shape index (κ2) is 11.4. The molecule has 0 aliphatic heterocycles. The largest absolute Gasteiger partial charge is 0.462 e. The number of carbonyl (C=O) groups excluding carboxylic acids is 1. The van der Waals surface area contributed by atoms with Crippen LogP contribution in [0, 0.1) is 0 Å². The average Bonchev–Trinajstić information content (AvgIpc) is 2.97. The maximum absolute atomic E-state index is 12.9. The molecule has 0 saturated heterocycles. The number of esters is 1. The maximum Gasteiger partial charge on any atom is 0.338 e. The van der Waals surface area contributed by atoms with Gasteiger partial charge in [0.15, 0.2) is 0 Å². The van der Waals surface area contributed by atoms with Crippen LogP contribution in [0.25, 0.3) is 22.3 Å². The third kappa shape index (κ3) is 5.29. The van der Waals surface area contributed by atoms with Crippen LogP contribution in [0.2, 0.25) is 0 Å². The van der Waals surface area contributed by atoms with Crippen LogP contribution in [0.3, 0.4) is 0 Å². The van der Waals surface area contributed by atoms with Gasteiger partial charge in [0.05, 0.1) is 12.2 Å². The Bertz CT molecular complexity index is 1460. The smallest absolute Gasteiger partial charge is 0.338 e. The van der Waals surface area contributed by atoms with Gasteiger partial charge in [-0.15, -0.1) is 0 Å². The van der Waals surface area contributed by atoms with Gasteiger partial charge in [0, 0.05) is 0 Å². The summed E-state index contributed by atoms with van der Waals surface area (Å²) in [6.45, 7) is 2.16. The summed E-state index contributed by atoms with van der Waals surface area (Å²) in [6.07, 6.45) is 0. The van der Waals surface area contributed by atoms with Crippen LogP contribution in [-0.2, 0) is 4.74 Å². The van der Waals surface area contributed by atoms with Crippen molar-refractivity contribution in [1.29, 1.82) is 0 Å². The highest BCUT2D eigenvalue weighted by molar-refractivity contribution is 6.08. The predicted octanol–water partition coefficient (Wildman–Crippen LogP) is 8.54. The molecule has 0 amide bonds. The highest BCUT2D eigenvalue weighted by Gasteiger charge is 2.21. The SMILES string of the molecule is CCOC(=O)c1ccc(-c2ccccc2)c(C(=C(c2ccccc2)c2ccccc2)c2ccccc2)c1. The van der Waals surface area contributed by atoms with Crippen LogP contribution >= 0.6 is 0 Å². The number of carbonyl (C=O) groups is 1. The van der Waals surface area contributed by atoms with Gasteiger partial charge in [-0.3, -0.25) is 0 Å². The summed E-state index contributed by atoms with van der Waals surface area (Å²) in [4.78, 5) is 12.9. The van der Waals surface area contributed by atoms with E-state index in [-0.39, 0.29) is 5.97 Å². The van der Waals surface area contributed by atoms with Gasteiger partial charge in [-0.1, -0.05) is 127 Å². The molecule has 0 aliphatic rings. The third-order valence-electron chi connectivity index (χ3n) is 6.32. The van der Waals surface area contributed by atoms with E-state index in [1.165, 1.54) is 0 Å². The number of hydrogen-bond donors (Lipinski definition) is 0. The zero-order valence-corrected chi connectivity index (χ0v) is 20.8. The van der Waals surface area contributed by atoms with Crippen LogP contribution in [-0.4, -0.2) is 12.6 Å². The molecule has 0 saturated carbocycles. The van der Waals surface area contributed by atoms with Gasteiger partial charge in [-0.05, 0) is 63.6 Å². The lowest BCUT2D eigenvalue weighted by atomic mass is 9.82. The summed E-state index contributed by atoms with van der Waals surface area (Å²) in [5.74, 6) is -0.322. The predicted molar refractivity (Wildman–Crippen MR) is 152 cm³/mol. The van der Waals surface area contributed by atoms with E-state index >= 15 is 0 Å². The summed E-state index contributed by atoms with van der Waals surface area (Å²) in [6, 6.07) is 47.5. The van der Waals surface area contributed by atoms with E-state index in [4.69, 9.17) is 4.74 Å². The zero-order valence-electron chi connectivity index (χ0n) is 20.8. The van der Waals surface area contributed by atoms with E-state index in [2.05, 4.69) is 84.9 Å². The molecule has 0 unspecified atom stereocenters. The molecule has 0 heterocycles.